The maximum absolute atomic E-state index is 10.8. The van der Waals surface area contributed by atoms with Crippen LogP contribution in [0.15, 0.2) is 52.3 Å². The van der Waals surface area contributed by atoms with Gasteiger partial charge in [-0.3, -0.25) is 4.79 Å². The molecule has 0 radical (unpaired) electrons. The number of halogens is 2. The van der Waals surface area contributed by atoms with Gasteiger partial charge in [0.25, 0.3) is 0 Å². The van der Waals surface area contributed by atoms with Gasteiger partial charge in [-0.1, -0.05) is 53.2 Å². The third-order valence-corrected chi connectivity index (χ3v) is 4.28. The van der Waals surface area contributed by atoms with Gasteiger partial charge in [0.2, 0.25) is 0 Å². The largest absolute Gasteiger partial charge is 0.481 e. The average molecular weight is 313 g/mol. The summed E-state index contributed by atoms with van der Waals surface area (Å²) in [6, 6.07) is 12.6. The van der Waals surface area contributed by atoms with Crippen molar-refractivity contribution in [2.45, 2.75) is 16.2 Å². The van der Waals surface area contributed by atoms with Crippen LogP contribution in [0.1, 0.15) is 5.56 Å². The minimum Gasteiger partial charge on any atom is -0.481 e. The van der Waals surface area contributed by atoms with E-state index in [2.05, 4.69) is 0 Å². The maximum Gasteiger partial charge on any atom is 0.307 e. The van der Waals surface area contributed by atoms with Crippen LogP contribution < -0.4 is 0 Å². The first-order valence-electron chi connectivity index (χ1n) is 5.49. The zero-order valence-corrected chi connectivity index (χ0v) is 12.1. The number of carbonyl (C=O) groups is 1. The van der Waals surface area contributed by atoms with Gasteiger partial charge in [0, 0.05) is 14.8 Å². The van der Waals surface area contributed by atoms with E-state index in [-0.39, 0.29) is 6.42 Å². The lowest BCUT2D eigenvalue weighted by Gasteiger charge is -2.08. The summed E-state index contributed by atoms with van der Waals surface area (Å²) in [6.45, 7) is 0. The minimum atomic E-state index is -0.852. The molecule has 98 valence electrons. The zero-order valence-electron chi connectivity index (χ0n) is 9.77. The number of rotatable bonds is 4. The second-order valence-electron chi connectivity index (χ2n) is 3.86. The molecule has 1 N–H and O–H groups in total. The van der Waals surface area contributed by atoms with E-state index < -0.39 is 5.97 Å². The Morgan fingerprint density at radius 1 is 1.11 bits per heavy atom. The van der Waals surface area contributed by atoms with E-state index in [4.69, 9.17) is 28.3 Å². The Labute approximate surface area is 125 Å². The topological polar surface area (TPSA) is 37.3 Å². The van der Waals surface area contributed by atoms with Crippen LogP contribution in [-0.2, 0) is 11.2 Å². The van der Waals surface area contributed by atoms with E-state index in [1.54, 1.807) is 18.2 Å². The fourth-order valence-corrected chi connectivity index (χ4v) is 3.06. The molecule has 2 rings (SSSR count). The van der Waals surface area contributed by atoms with Crippen LogP contribution in [0, 0.1) is 0 Å². The smallest absolute Gasteiger partial charge is 0.307 e. The second kappa shape index (κ2) is 6.33. The molecule has 0 amide bonds. The van der Waals surface area contributed by atoms with E-state index >= 15 is 0 Å². The quantitative estimate of drug-likeness (QED) is 0.883. The summed E-state index contributed by atoms with van der Waals surface area (Å²) >= 11 is 13.4. The molecule has 2 nitrogen and oxygen atoms in total. The van der Waals surface area contributed by atoms with Gasteiger partial charge in [-0.15, -0.1) is 0 Å². The molecule has 0 saturated heterocycles. The molecular weight excluding hydrogens is 303 g/mol. The van der Waals surface area contributed by atoms with Crippen LogP contribution in [-0.4, -0.2) is 11.1 Å². The molecular formula is C14H10Cl2O2S. The summed E-state index contributed by atoms with van der Waals surface area (Å²) < 4.78 is 0. The molecule has 0 aromatic heterocycles. The number of hydrogen-bond acceptors (Lipinski definition) is 2. The molecule has 5 heteroatoms. The molecule has 0 aliphatic carbocycles. The first kappa shape index (κ1) is 14.3. The Hall–Kier alpha value is -1.16. The van der Waals surface area contributed by atoms with Crippen LogP contribution in [0.2, 0.25) is 10.0 Å². The molecule has 0 aliphatic heterocycles. The molecule has 0 fully saturated rings. The monoisotopic (exact) mass is 312 g/mol. The number of aliphatic carboxylic acids is 1. The van der Waals surface area contributed by atoms with Gasteiger partial charge in [0.05, 0.1) is 11.4 Å². The minimum absolute atomic E-state index is 0.00557. The van der Waals surface area contributed by atoms with Crippen molar-refractivity contribution in [3.8, 4) is 0 Å². The maximum atomic E-state index is 10.8. The van der Waals surface area contributed by atoms with Gasteiger partial charge in [-0.2, -0.15) is 0 Å². The van der Waals surface area contributed by atoms with Crippen LogP contribution >= 0.6 is 35.0 Å². The van der Waals surface area contributed by atoms with E-state index in [9.17, 15) is 4.79 Å². The Morgan fingerprint density at radius 3 is 2.53 bits per heavy atom. The molecule has 0 heterocycles. The van der Waals surface area contributed by atoms with Crippen molar-refractivity contribution >= 4 is 40.9 Å². The van der Waals surface area contributed by atoms with Gasteiger partial charge >= 0.3 is 5.97 Å². The highest BCUT2D eigenvalue weighted by atomic mass is 35.5. The zero-order chi connectivity index (χ0) is 13.8. The van der Waals surface area contributed by atoms with Crippen molar-refractivity contribution in [3.63, 3.8) is 0 Å². The first-order chi connectivity index (χ1) is 9.06. The van der Waals surface area contributed by atoms with Crippen LogP contribution in [0.25, 0.3) is 0 Å². The van der Waals surface area contributed by atoms with Gasteiger partial charge in [0.1, 0.15) is 0 Å². The Morgan fingerprint density at radius 2 is 1.84 bits per heavy atom. The van der Waals surface area contributed by atoms with Gasteiger partial charge in [-0.25, -0.2) is 0 Å². The number of hydrogen-bond donors (Lipinski definition) is 1. The highest BCUT2D eigenvalue weighted by molar-refractivity contribution is 7.99. The van der Waals surface area contributed by atoms with Crippen molar-refractivity contribution in [2.75, 3.05) is 0 Å². The summed E-state index contributed by atoms with van der Waals surface area (Å²) in [7, 11) is 0. The molecule has 0 aliphatic rings. The van der Waals surface area contributed by atoms with Crippen LogP contribution in [0.4, 0.5) is 0 Å². The van der Waals surface area contributed by atoms with Crippen molar-refractivity contribution in [1.82, 2.24) is 0 Å². The van der Waals surface area contributed by atoms with Crippen molar-refractivity contribution in [2.24, 2.45) is 0 Å². The third kappa shape index (κ3) is 3.90. The van der Waals surface area contributed by atoms with Crippen molar-refractivity contribution in [3.05, 3.63) is 58.1 Å². The normalized spacial score (nSPS) is 10.4. The standard InChI is InChI=1S/C14H10Cl2O2S/c15-10-5-6-13(11(16)8-10)19-12-4-2-1-3-9(12)7-14(17)18/h1-6,8H,7H2,(H,17,18). The number of carboxylic acids is 1. The predicted molar refractivity (Wildman–Crippen MR) is 78.4 cm³/mol. The number of benzene rings is 2. The molecule has 0 spiro atoms. The molecule has 2 aromatic rings. The summed E-state index contributed by atoms with van der Waals surface area (Å²) in [4.78, 5) is 12.6. The van der Waals surface area contributed by atoms with Crippen molar-refractivity contribution < 1.29 is 9.90 Å². The summed E-state index contributed by atoms with van der Waals surface area (Å²) in [5, 5.41) is 10.0. The van der Waals surface area contributed by atoms with E-state index in [1.807, 2.05) is 24.3 Å². The Kier molecular flexibility index (Phi) is 4.75. The summed E-state index contributed by atoms with van der Waals surface area (Å²) in [5.74, 6) is -0.852. The van der Waals surface area contributed by atoms with Crippen LogP contribution in [0.5, 0.6) is 0 Å². The highest BCUT2D eigenvalue weighted by Crippen LogP contribution is 2.36. The van der Waals surface area contributed by atoms with Gasteiger partial charge < -0.3 is 5.11 Å². The molecule has 0 bridgehead atoms. The first-order valence-corrected chi connectivity index (χ1v) is 7.06. The summed E-state index contributed by atoms with van der Waals surface area (Å²) in [5.41, 5.74) is 0.769. The van der Waals surface area contributed by atoms with Crippen LogP contribution in [0.3, 0.4) is 0 Å². The van der Waals surface area contributed by atoms with Crippen molar-refractivity contribution in [1.29, 1.82) is 0 Å². The van der Waals surface area contributed by atoms with E-state index in [1.165, 1.54) is 11.8 Å². The molecule has 0 saturated carbocycles. The molecule has 0 unspecified atom stereocenters. The average Bonchev–Trinajstić information content (AvgIpc) is 2.34. The second-order valence-corrected chi connectivity index (χ2v) is 5.78. The fourth-order valence-electron chi connectivity index (χ4n) is 1.59. The SMILES string of the molecule is O=C(O)Cc1ccccc1Sc1ccc(Cl)cc1Cl. The van der Waals surface area contributed by atoms with E-state index in [0.29, 0.717) is 10.0 Å². The molecule has 19 heavy (non-hydrogen) atoms. The lowest BCUT2D eigenvalue weighted by Crippen LogP contribution is -2.01. The van der Waals surface area contributed by atoms with Gasteiger partial charge in [-0.05, 0) is 29.8 Å². The molecule has 2 aromatic carbocycles. The lowest BCUT2D eigenvalue weighted by atomic mass is 10.1. The Bertz CT molecular complexity index is 614. The predicted octanol–water partition coefficient (Wildman–Crippen LogP) is 4.77. The number of carboxylic acid groups (broad SMARTS) is 1. The molecule has 0 atom stereocenters. The Balaban J connectivity index is 2.30. The highest BCUT2D eigenvalue weighted by Gasteiger charge is 2.09. The summed E-state index contributed by atoms with van der Waals surface area (Å²) in [6.07, 6.45) is -0.00557. The van der Waals surface area contributed by atoms with E-state index in [0.717, 1.165) is 15.4 Å². The van der Waals surface area contributed by atoms with Gasteiger partial charge in [0.15, 0.2) is 0 Å². The third-order valence-electron chi connectivity index (χ3n) is 2.43. The lowest BCUT2D eigenvalue weighted by molar-refractivity contribution is -0.136. The fraction of sp³-hybridized carbons (Fsp3) is 0.0714.